The van der Waals surface area contributed by atoms with Gasteiger partial charge in [0.25, 0.3) is 11.8 Å². The van der Waals surface area contributed by atoms with Crippen LogP contribution in [0.5, 0.6) is 0 Å². The van der Waals surface area contributed by atoms with Gasteiger partial charge in [-0.05, 0) is 38.1 Å². The van der Waals surface area contributed by atoms with Crippen molar-refractivity contribution in [3.05, 3.63) is 83.1 Å². The van der Waals surface area contributed by atoms with Gasteiger partial charge in [-0.1, -0.05) is 24.3 Å². The van der Waals surface area contributed by atoms with E-state index in [1.54, 1.807) is 6.92 Å². The number of ether oxygens (including phenoxy) is 1. The van der Waals surface area contributed by atoms with Crippen LogP contribution in [-0.4, -0.2) is 46.1 Å². The van der Waals surface area contributed by atoms with Gasteiger partial charge in [-0.3, -0.25) is 19.3 Å². The van der Waals surface area contributed by atoms with E-state index in [9.17, 15) is 19.2 Å². The van der Waals surface area contributed by atoms with E-state index < -0.39 is 23.9 Å². The normalized spacial score (nSPS) is 13.9. The zero-order chi connectivity index (χ0) is 22.3. The minimum Gasteiger partial charge on any atom is -0.451 e. The van der Waals surface area contributed by atoms with E-state index in [0.29, 0.717) is 11.3 Å². The van der Waals surface area contributed by atoms with Gasteiger partial charge in [0, 0.05) is 28.7 Å². The predicted molar refractivity (Wildman–Crippen MR) is 114 cm³/mol. The highest BCUT2D eigenvalue weighted by molar-refractivity contribution is 6.22. The zero-order valence-electron chi connectivity index (χ0n) is 17.1. The van der Waals surface area contributed by atoms with Crippen LogP contribution in [0, 0.1) is 6.92 Å². The van der Waals surface area contributed by atoms with Crippen molar-refractivity contribution in [1.29, 1.82) is 0 Å². The standard InChI is InChI=1S/C24H20N2O5/c1-4-11-26-22(28)16-10-9-15(12-18(16)23(26)29)24(30)31-14(3)21(27)20-13(2)25-19-8-6-5-7-17(19)20/h4-10,12,14,25H,1,11H2,2-3H3/t14-/m1/s1. The van der Waals surface area contributed by atoms with Crippen LogP contribution in [0.1, 0.15) is 54.0 Å². The van der Waals surface area contributed by atoms with Crippen LogP contribution >= 0.6 is 0 Å². The van der Waals surface area contributed by atoms with Gasteiger partial charge in [0.15, 0.2) is 6.10 Å². The lowest BCUT2D eigenvalue weighted by molar-refractivity contribution is 0.0319. The number of esters is 1. The molecule has 0 aliphatic carbocycles. The van der Waals surface area contributed by atoms with Crippen molar-refractivity contribution in [3.8, 4) is 0 Å². The first-order valence-corrected chi connectivity index (χ1v) is 9.77. The summed E-state index contributed by atoms with van der Waals surface area (Å²) >= 11 is 0. The Labute approximate surface area is 178 Å². The molecule has 0 saturated carbocycles. The number of nitrogens with zero attached hydrogens (tertiary/aromatic N) is 1. The molecule has 0 unspecified atom stereocenters. The van der Waals surface area contributed by atoms with Crippen LogP contribution in [-0.2, 0) is 4.74 Å². The number of aryl methyl sites for hydroxylation is 1. The lowest BCUT2D eigenvalue weighted by atomic mass is 10.0. The second kappa shape index (κ2) is 7.68. The predicted octanol–water partition coefficient (Wildman–Crippen LogP) is 3.69. The second-order valence-electron chi connectivity index (χ2n) is 7.35. The van der Waals surface area contributed by atoms with Crippen molar-refractivity contribution < 1.29 is 23.9 Å². The molecular formula is C24H20N2O5. The van der Waals surface area contributed by atoms with E-state index in [1.807, 2.05) is 24.3 Å². The number of hydrogen-bond acceptors (Lipinski definition) is 5. The Hall–Kier alpha value is -4.00. The first-order valence-electron chi connectivity index (χ1n) is 9.77. The Morgan fingerprint density at radius 1 is 1.13 bits per heavy atom. The Balaban J connectivity index is 1.56. The van der Waals surface area contributed by atoms with Gasteiger partial charge >= 0.3 is 5.97 Å². The third-order valence-electron chi connectivity index (χ3n) is 5.31. The number of nitrogens with one attached hydrogen (secondary N) is 1. The number of Topliss-reactive ketones (excluding diaryl/α,β-unsaturated/α-hetero) is 1. The molecule has 2 heterocycles. The van der Waals surface area contributed by atoms with Gasteiger partial charge < -0.3 is 9.72 Å². The van der Waals surface area contributed by atoms with Crippen LogP contribution in [0.15, 0.2) is 55.1 Å². The largest absolute Gasteiger partial charge is 0.451 e. The number of ketones is 1. The van der Waals surface area contributed by atoms with E-state index in [0.717, 1.165) is 15.8 Å². The molecular weight excluding hydrogens is 396 g/mol. The summed E-state index contributed by atoms with van der Waals surface area (Å²) in [6.45, 7) is 6.93. The molecule has 2 aromatic carbocycles. The van der Waals surface area contributed by atoms with Crippen molar-refractivity contribution in [3.63, 3.8) is 0 Å². The van der Waals surface area contributed by atoms with E-state index in [1.165, 1.54) is 31.2 Å². The average Bonchev–Trinajstić information content (AvgIpc) is 3.21. The number of aromatic amines is 1. The van der Waals surface area contributed by atoms with Gasteiger partial charge in [-0.25, -0.2) is 4.79 Å². The smallest absolute Gasteiger partial charge is 0.338 e. The van der Waals surface area contributed by atoms with Crippen molar-refractivity contribution in [2.45, 2.75) is 20.0 Å². The van der Waals surface area contributed by atoms with E-state index >= 15 is 0 Å². The number of imide groups is 1. The number of para-hydroxylation sites is 1. The summed E-state index contributed by atoms with van der Waals surface area (Å²) in [4.78, 5) is 54.6. The Morgan fingerprint density at radius 3 is 2.58 bits per heavy atom. The molecule has 31 heavy (non-hydrogen) atoms. The number of aromatic nitrogens is 1. The highest BCUT2D eigenvalue weighted by Crippen LogP contribution is 2.26. The molecule has 0 bridgehead atoms. The lowest BCUT2D eigenvalue weighted by Gasteiger charge is -2.13. The quantitative estimate of drug-likeness (QED) is 0.286. The SMILES string of the molecule is C=CCN1C(=O)c2ccc(C(=O)O[C@H](C)C(=O)c3c(C)[nH]c4ccccc34)cc2C1=O. The van der Waals surface area contributed by atoms with Crippen molar-refractivity contribution in [2.75, 3.05) is 6.54 Å². The number of H-pyrrole nitrogens is 1. The van der Waals surface area contributed by atoms with E-state index in [4.69, 9.17) is 4.74 Å². The first kappa shape index (κ1) is 20.3. The molecule has 0 fully saturated rings. The highest BCUT2D eigenvalue weighted by atomic mass is 16.5. The Morgan fingerprint density at radius 2 is 1.84 bits per heavy atom. The van der Waals surface area contributed by atoms with E-state index in [2.05, 4.69) is 11.6 Å². The first-order chi connectivity index (χ1) is 14.8. The fourth-order valence-corrected chi connectivity index (χ4v) is 3.79. The number of fused-ring (bicyclic) bond motifs is 2. The molecule has 0 radical (unpaired) electrons. The van der Waals surface area contributed by atoms with Crippen LogP contribution in [0.2, 0.25) is 0 Å². The molecule has 4 rings (SSSR count). The summed E-state index contributed by atoms with van der Waals surface area (Å²) in [6, 6.07) is 11.6. The minimum atomic E-state index is -1.03. The third kappa shape index (κ3) is 3.34. The molecule has 2 amide bonds. The summed E-state index contributed by atoms with van der Waals surface area (Å²) in [7, 11) is 0. The number of amides is 2. The molecule has 3 aromatic rings. The third-order valence-corrected chi connectivity index (χ3v) is 5.31. The monoisotopic (exact) mass is 416 g/mol. The van der Waals surface area contributed by atoms with Crippen LogP contribution in [0.25, 0.3) is 10.9 Å². The highest BCUT2D eigenvalue weighted by Gasteiger charge is 2.35. The summed E-state index contributed by atoms with van der Waals surface area (Å²) in [5.74, 6) is -2.00. The summed E-state index contributed by atoms with van der Waals surface area (Å²) < 4.78 is 5.39. The fourth-order valence-electron chi connectivity index (χ4n) is 3.79. The maximum absolute atomic E-state index is 13.0. The Kier molecular flexibility index (Phi) is 5.02. The minimum absolute atomic E-state index is 0.0850. The number of rotatable bonds is 6. The number of benzene rings is 2. The molecule has 1 aliphatic rings. The number of hydrogen-bond donors (Lipinski definition) is 1. The molecule has 156 valence electrons. The number of carbonyl (C=O) groups excluding carboxylic acids is 4. The number of carbonyl (C=O) groups is 4. The average molecular weight is 416 g/mol. The van der Waals surface area contributed by atoms with Crippen LogP contribution < -0.4 is 0 Å². The van der Waals surface area contributed by atoms with Gasteiger partial charge in [-0.2, -0.15) is 0 Å². The van der Waals surface area contributed by atoms with Crippen LogP contribution in [0.3, 0.4) is 0 Å². The maximum Gasteiger partial charge on any atom is 0.338 e. The summed E-state index contributed by atoms with van der Waals surface area (Å²) in [5.41, 5.74) is 2.45. The molecule has 1 aliphatic heterocycles. The molecule has 7 nitrogen and oxygen atoms in total. The fraction of sp³-hybridized carbons (Fsp3) is 0.167. The summed E-state index contributed by atoms with van der Waals surface area (Å²) in [6.07, 6.45) is 0.421. The van der Waals surface area contributed by atoms with E-state index in [-0.39, 0.29) is 29.0 Å². The molecule has 7 heteroatoms. The van der Waals surface area contributed by atoms with Gasteiger partial charge in [0.05, 0.1) is 16.7 Å². The Bertz CT molecular complexity index is 1270. The lowest BCUT2D eigenvalue weighted by Crippen LogP contribution is -2.29. The molecule has 1 aromatic heterocycles. The van der Waals surface area contributed by atoms with Crippen molar-refractivity contribution >= 4 is 34.5 Å². The van der Waals surface area contributed by atoms with Gasteiger partial charge in [0.2, 0.25) is 5.78 Å². The maximum atomic E-state index is 13.0. The van der Waals surface area contributed by atoms with Crippen molar-refractivity contribution in [2.24, 2.45) is 0 Å². The van der Waals surface area contributed by atoms with Gasteiger partial charge in [-0.15, -0.1) is 6.58 Å². The van der Waals surface area contributed by atoms with Crippen LogP contribution in [0.4, 0.5) is 0 Å². The molecule has 1 atom stereocenters. The molecule has 0 saturated heterocycles. The summed E-state index contributed by atoms with van der Waals surface area (Å²) in [5, 5.41) is 0.761. The van der Waals surface area contributed by atoms with Gasteiger partial charge in [0.1, 0.15) is 0 Å². The zero-order valence-corrected chi connectivity index (χ0v) is 17.1. The topological polar surface area (TPSA) is 96.5 Å². The second-order valence-corrected chi connectivity index (χ2v) is 7.35. The molecule has 0 spiro atoms. The molecule has 1 N–H and O–H groups in total. The van der Waals surface area contributed by atoms with Crippen molar-refractivity contribution in [1.82, 2.24) is 9.88 Å².